The molecule has 0 bridgehead atoms. The molecule has 1 spiro atoms. The lowest BCUT2D eigenvalue weighted by Crippen LogP contribution is -2.44. The molecule has 2 aromatic rings. The van der Waals surface area contributed by atoms with Crippen LogP contribution in [0.4, 0.5) is 4.79 Å². The van der Waals surface area contributed by atoms with E-state index in [9.17, 15) is 14.4 Å². The number of imide groups is 1. The Morgan fingerprint density at radius 1 is 0.967 bits per heavy atom. The molecule has 1 saturated carbocycles. The Morgan fingerprint density at radius 2 is 1.63 bits per heavy atom. The van der Waals surface area contributed by atoms with Crippen LogP contribution in [0.1, 0.15) is 44.1 Å². The summed E-state index contributed by atoms with van der Waals surface area (Å²) in [5.74, 6) is -0.471. The topological polar surface area (TPSA) is 75.7 Å². The minimum atomic E-state index is -0.691. The third kappa shape index (κ3) is 4.22. The van der Waals surface area contributed by atoms with E-state index in [2.05, 4.69) is 17.4 Å². The molecule has 0 unspecified atom stereocenters. The second kappa shape index (κ2) is 8.69. The highest BCUT2D eigenvalue weighted by Gasteiger charge is 2.52. The van der Waals surface area contributed by atoms with Gasteiger partial charge in [-0.05, 0) is 36.0 Å². The molecule has 2 fully saturated rings. The number of esters is 1. The van der Waals surface area contributed by atoms with E-state index in [4.69, 9.17) is 4.74 Å². The molecule has 156 valence electrons. The Labute approximate surface area is 176 Å². The maximum Gasteiger partial charge on any atom is 0.325 e. The monoisotopic (exact) mass is 406 g/mol. The quantitative estimate of drug-likeness (QED) is 0.556. The summed E-state index contributed by atoms with van der Waals surface area (Å²) in [7, 11) is 0. The van der Waals surface area contributed by atoms with Crippen molar-refractivity contribution in [3.05, 3.63) is 60.2 Å². The van der Waals surface area contributed by atoms with E-state index < -0.39 is 5.54 Å². The van der Waals surface area contributed by atoms with Crippen LogP contribution in [0.2, 0.25) is 0 Å². The number of carbonyl (C=O) groups excluding carboxylic acids is 3. The van der Waals surface area contributed by atoms with Gasteiger partial charge in [-0.25, -0.2) is 4.79 Å². The first-order valence-corrected chi connectivity index (χ1v) is 10.5. The van der Waals surface area contributed by atoms with E-state index >= 15 is 0 Å². The van der Waals surface area contributed by atoms with Crippen LogP contribution in [0, 0.1) is 0 Å². The van der Waals surface area contributed by atoms with Crippen molar-refractivity contribution < 1.29 is 19.1 Å². The summed E-state index contributed by atoms with van der Waals surface area (Å²) >= 11 is 0. The number of benzene rings is 2. The lowest BCUT2D eigenvalue weighted by molar-refractivity contribution is -0.145. The van der Waals surface area contributed by atoms with Crippen LogP contribution in [0.15, 0.2) is 54.6 Å². The number of carbonyl (C=O) groups is 3. The number of rotatable bonds is 7. The molecule has 2 aromatic carbocycles. The highest BCUT2D eigenvalue weighted by Crippen LogP contribution is 2.35. The molecular weight excluding hydrogens is 380 g/mol. The summed E-state index contributed by atoms with van der Waals surface area (Å²) < 4.78 is 5.34. The molecule has 0 atom stereocenters. The first-order valence-electron chi connectivity index (χ1n) is 10.5. The van der Waals surface area contributed by atoms with Gasteiger partial charge in [-0.1, -0.05) is 67.4 Å². The first kappa shape index (κ1) is 20.1. The van der Waals surface area contributed by atoms with E-state index in [0.29, 0.717) is 19.3 Å². The third-order valence-electron chi connectivity index (χ3n) is 5.93. The Bertz CT molecular complexity index is 918. The van der Waals surface area contributed by atoms with Crippen LogP contribution in [-0.2, 0) is 20.9 Å². The van der Waals surface area contributed by atoms with E-state index in [1.54, 1.807) is 0 Å². The minimum absolute atomic E-state index is 0.142. The molecule has 4 rings (SSSR count). The van der Waals surface area contributed by atoms with Crippen LogP contribution in [-0.4, -0.2) is 34.9 Å². The fraction of sp³-hybridized carbons (Fsp3) is 0.375. The van der Waals surface area contributed by atoms with Crippen molar-refractivity contribution in [2.45, 2.75) is 50.7 Å². The number of urea groups is 1. The average Bonchev–Trinajstić information content (AvgIpc) is 3.33. The Hall–Kier alpha value is -3.15. The van der Waals surface area contributed by atoms with Gasteiger partial charge in [0.25, 0.3) is 5.91 Å². The van der Waals surface area contributed by atoms with Crippen LogP contribution in [0.3, 0.4) is 0 Å². The van der Waals surface area contributed by atoms with Crippen molar-refractivity contribution in [2.75, 3.05) is 6.54 Å². The molecule has 0 aromatic heterocycles. The molecular formula is C24H26N2O4. The van der Waals surface area contributed by atoms with Crippen LogP contribution < -0.4 is 5.32 Å². The summed E-state index contributed by atoms with van der Waals surface area (Å²) in [5.41, 5.74) is 2.48. The lowest BCUT2D eigenvalue weighted by Gasteiger charge is -2.19. The zero-order valence-electron chi connectivity index (χ0n) is 16.9. The highest BCUT2D eigenvalue weighted by atomic mass is 16.5. The molecule has 1 heterocycles. The number of amides is 3. The van der Waals surface area contributed by atoms with Gasteiger partial charge in [0.1, 0.15) is 12.1 Å². The molecule has 1 aliphatic carbocycles. The van der Waals surface area contributed by atoms with Gasteiger partial charge < -0.3 is 10.1 Å². The van der Waals surface area contributed by atoms with Crippen LogP contribution in [0.5, 0.6) is 0 Å². The standard InChI is InChI=1S/C24H26N2O4/c27-21(9-6-16-26-22(28)24(25-23(26)29)14-4-5-15-24)30-17-18-10-12-20(13-11-18)19-7-2-1-3-8-19/h1-3,7-8,10-13H,4-6,9,14-17H2,(H,25,29). The summed E-state index contributed by atoms with van der Waals surface area (Å²) in [5, 5.41) is 2.85. The van der Waals surface area contributed by atoms with Gasteiger partial charge in [-0.2, -0.15) is 0 Å². The summed E-state index contributed by atoms with van der Waals surface area (Å²) in [4.78, 5) is 38.0. The largest absolute Gasteiger partial charge is 0.461 e. The Balaban J connectivity index is 1.21. The van der Waals surface area contributed by atoms with Gasteiger partial charge >= 0.3 is 12.0 Å². The van der Waals surface area contributed by atoms with Crippen molar-refractivity contribution in [1.82, 2.24) is 10.2 Å². The highest BCUT2D eigenvalue weighted by molar-refractivity contribution is 6.07. The van der Waals surface area contributed by atoms with Crippen molar-refractivity contribution in [3.63, 3.8) is 0 Å². The number of hydrogen-bond donors (Lipinski definition) is 1. The molecule has 6 nitrogen and oxygen atoms in total. The molecule has 1 aliphatic heterocycles. The minimum Gasteiger partial charge on any atom is -0.461 e. The first-order chi connectivity index (χ1) is 14.6. The fourth-order valence-electron chi connectivity index (χ4n) is 4.24. The molecule has 3 amide bonds. The summed E-state index contributed by atoms with van der Waals surface area (Å²) in [6.45, 7) is 0.452. The molecule has 1 N–H and O–H groups in total. The number of hydrogen-bond acceptors (Lipinski definition) is 4. The van der Waals surface area contributed by atoms with Gasteiger partial charge in [0.15, 0.2) is 0 Å². The maximum absolute atomic E-state index is 12.6. The van der Waals surface area contributed by atoms with Gasteiger partial charge in [0.05, 0.1) is 0 Å². The van der Waals surface area contributed by atoms with E-state index in [-0.39, 0.29) is 37.5 Å². The summed E-state index contributed by atoms with van der Waals surface area (Å²) in [6, 6.07) is 17.7. The molecule has 1 saturated heterocycles. The zero-order chi connectivity index (χ0) is 21.0. The van der Waals surface area contributed by atoms with Crippen molar-refractivity contribution in [1.29, 1.82) is 0 Å². The Kier molecular flexibility index (Phi) is 5.84. The van der Waals surface area contributed by atoms with Crippen LogP contribution >= 0.6 is 0 Å². The normalized spacial score (nSPS) is 17.4. The smallest absolute Gasteiger partial charge is 0.325 e. The summed E-state index contributed by atoms with van der Waals surface area (Å²) in [6.07, 6.45) is 3.91. The van der Waals surface area contributed by atoms with E-state index in [0.717, 1.165) is 29.5 Å². The average molecular weight is 406 g/mol. The molecule has 30 heavy (non-hydrogen) atoms. The third-order valence-corrected chi connectivity index (χ3v) is 5.93. The van der Waals surface area contributed by atoms with Gasteiger partial charge in [0.2, 0.25) is 0 Å². The van der Waals surface area contributed by atoms with Crippen molar-refractivity contribution in [2.24, 2.45) is 0 Å². The number of ether oxygens (including phenoxy) is 1. The molecule has 2 aliphatic rings. The van der Waals surface area contributed by atoms with Crippen molar-refractivity contribution in [3.8, 4) is 11.1 Å². The van der Waals surface area contributed by atoms with E-state index in [1.165, 1.54) is 4.90 Å². The predicted octanol–water partition coefficient (Wildman–Crippen LogP) is 4.04. The lowest BCUT2D eigenvalue weighted by atomic mass is 9.98. The van der Waals surface area contributed by atoms with Gasteiger partial charge in [-0.15, -0.1) is 0 Å². The second-order valence-electron chi connectivity index (χ2n) is 8.00. The maximum atomic E-state index is 12.6. The van der Waals surface area contributed by atoms with Gasteiger partial charge in [0, 0.05) is 13.0 Å². The van der Waals surface area contributed by atoms with E-state index in [1.807, 2.05) is 42.5 Å². The second-order valence-corrected chi connectivity index (χ2v) is 8.00. The number of nitrogens with one attached hydrogen (secondary N) is 1. The molecule has 0 radical (unpaired) electrons. The van der Waals surface area contributed by atoms with Gasteiger partial charge in [-0.3, -0.25) is 14.5 Å². The van der Waals surface area contributed by atoms with Crippen LogP contribution in [0.25, 0.3) is 11.1 Å². The molecule has 6 heteroatoms. The van der Waals surface area contributed by atoms with Crippen molar-refractivity contribution >= 4 is 17.9 Å². The Morgan fingerprint density at radius 3 is 2.33 bits per heavy atom. The number of nitrogens with zero attached hydrogens (tertiary/aromatic N) is 1. The predicted molar refractivity (Wildman–Crippen MR) is 112 cm³/mol. The zero-order valence-corrected chi connectivity index (χ0v) is 16.9. The fourth-order valence-corrected chi connectivity index (χ4v) is 4.24. The SMILES string of the molecule is O=C(CCCN1C(=O)NC2(CCCC2)C1=O)OCc1ccc(-c2ccccc2)cc1.